The van der Waals surface area contributed by atoms with Gasteiger partial charge in [-0.05, 0) is 36.4 Å². The van der Waals surface area contributed by atoms with E-state index in [1.165, 1.54) is 6.92 Å². The predicted molar refractivity (Wildman–Crippen MR) is 100 cm³/mol. The third-order valence-electron chi connectivity index (χ3n) is 3.93. The molecule has 0 aliphatic carbocycles. The van der Waals surface area contributed by atoms with Crippen LogP contribution < -0.4 is 21.3 Å². The van der Waals surface area contributed by atoms with Gasteiger partial charge in [-0.1, -0.05) is 12.1 Å². The van der Waals surface area contributed by atoms with Gasteiger partial charge in [0.1, 0.15) is 6.04 Å². The van der Waals surface area contributed by atoms with Crippen LogP contribution in [0.1, 0.15) is 23.7 Å². The summed E-state index contributed by atoms with van der Waals surface area (Å²) in [4.78, 5) is 47.8. The molecule has 1 atom stereocenters. The molecule has 8 nitrogen and oxygen atoms in total. The van der Waals surface area contributed by atoms with Crippen molar-refractivity contribution in [3.8, 4) is 0 Å². The van der Waals surface area contributed by atoms with Crippen molar-refractivity contribution in [3.05, 3.63) is 54.1 Å². The molecule has 0 radical (unpaired) electrons. The molecule has 1 aliphatic heterocycles. The van der Waals surface area contributed by atoms with Gasteiger partial charge in [-0.25, -0.2) is 0 Å². The molecule has 27 heavy (non-hydrogen) atoms. The Balaban J connectivity index is 1.63. The molecule has 1 aliphatic rings. The minimum absolute atomic E-state index is 0.192. The molecule has 0 saturated carbocycles. The van der Waals surface area contributed by atoms with Crippen molar-refractivity contribution in [2.45, 2.75) is 19.4 Å². The van der Waals surface area contributed by atoms with Gasteiger partial charge >= 0.3 is 0 Å². The molecule has 3 rings (SSSR count). The zero-order valence-electron chi connectivity index (χ0n) is 14.5. The highest BCUT2D eigenvalue weighted by Crippen LogP contribution is 2.19. The fourth-order valence-corrected chi connectivity index (χ4v) is 2.69. The lowest BCUT2D eigenvalue weighted by Gasteiger charge is -2.14. The van der Waals surface area contributed by atoms with E-state index in [9.17, 15) is 19.2 Å². The third kappa shape index (κ3) is 4.49. The number of para-hydroxylation sites is 1. The molecule has 0 spiro atoms. The van der Waals surface area contributed by atoms with Crippen molar-refractivity contribution < 1.29 is 19.2 Å². The van der Waals surface area contributed by atoms with Crippen molar-refractivity contribution >= 4 is 40.7 Å². The average molecular weight is 366 g/mol. The molecular weight excluding hydrogens is 348 g/mol. The summed E-state index contributed by atoms with van der Waals surface area (Å²) in [5, 5.41) is 10.5. The first-order chi connectivity index (χ1) is 12.9. The minimum atomic E-state index is -0.983. The highest BCUT2D eigenvalue weighted by atomic mass is 16.2. The maximum absolute atomic E-state index is 12.3. The number of rotatable bonds is 4. The Labute approximate surface area is 155 Å². The van der Waals surface area contributed by atoms with Crippen LogP contribution in [0.4, 0.5) is 17.1 Å². The van der Waals surface area contributed by atoms with E-state index in [4.69, 9.17) is 0 Å². The van der Waals surface area contributed by atoms with Crippen LogP contribution in [-0.4, -0.2) is 29.7 Å². The first-order valence-electron chi connectivity index (χ1n) is 8.30. The highest BCUT2D eigenvalue weighted by Gasteiger charge is 2.29. The lowest BCUT2D eigenvalue weighted by Crippen LogP contribution is -2.43. The number of amides is 4. The molecule has 4 N–H and O–H groups in total. The zero-order valence-corrected chi connectivity index (χ0v) is 14.5. The molecule has 0 bridgehead atoms. The second kappa shape index (κ2) is 7.69. The van der Waals surface area contributed by atoms with Gasteiger partial charge in [0.2, 0.25) is 17.7 Å². The van der Waals surface area contributed by atoms with Gasteiger partial charge in [0, 0.05) is 18.3 Å². The SMILES string of the molecule is CC(=O)Nc1ccc(NC(=O)C[C@@H]2NC(=O)c3ccccc3NC2=O)cc1. The number of nitrogens with one attached hydrogen (secondary N) is 4. The summed E-state index contributed by atoms with van der Waals surface area (Å²) >= 11 is 0. The molecule has 0 saturated heterocycles. The van der Waals surface area contributed by atoms with Crippen molar-refractivity contribution in [3.63, 3.8) is 0 Å². The Kier molecular flexibility index (Phi) is 5.16. The molecule has 1 heterocycles. The number of carbonyl (C=O) groups is 4. The second-order valence-electron chi connectivity index (χ2n) is 6.07. The number of carbonyl (C=O) groups excluding carboxylic acids is 4. The number of hydrogen-bond acceptors (Lipinski definition) is 4. The molecule has 0 unspecified atom stereocenters. The van der Waals surface area contributed by atoms with Gasteiger partial charge in [0.15, 0.2) is 0 Å². The van der Waals surface area contributed by atoms with E-state index < -0.39 is 23.8 Å². The largest absolute Gasteiger partial charge is 0.340 e. The number of hydrogen-bond donors (Lipinski definition) is 4. The maximum Gasteiger partial charge on any atom is 0.254 e. The van der Waals surface area contributed by atoms with Crippen LogP contribution in [-0.2, 0) is 14.4 Å². The lowest BCUT2D eigenvalue weighted by molar-refractivity contribution is -0.122. The van der Waals surface area contributed by atoms with Crippen LogP contribution in [0.3, 0.4) is 0 Å². The van der Waals surface area contributed by atoms with Crippen LogP contribution in [0.25, 0.3) is 0 Å². The Bertz CT molecular complexity index is 908. The highest BCUT2D eigenvalue weighted by molar-refractivity contribution is 6.11. The van der Waals surface area contributed by atoms with Crippen LogP contribution >= 0.6 is 0 Å². The van der Waals surface area contributed by atoms with Crippen molar-refractivity contribution in [1.82, 2.24) is 5.32 Å². The minimum Gasteiger partial charge on any atom is -0.340 e. The lowest BCUT2D eigenvalue weighted by atomic mass is 10.1. The average Bonchev–Trinajstić information content (AvgIpc) is 2.73. The second-order valence-corrected chi connectivity index (χ2v) is 6.07. The van der Waals surface area contributed by atoms with E-state index in [1.54, 1.807) is 48.5 Å². The van der Waals surface area contributed by atoms with Crippen LogP contribution in [0.15, 0.2) is 48.5 Å². The Morgan fingerprint density at radius 3 is 2.26 bits per heavy atom. The first kappa shape index (κ1) is 18.1. The van der Waals surface area contributed by atoms with Gasteiger partial charge in [0.05, 0.1) is 17.7 Å². The molecule has 0 aromatic heterocycles. The van der Waals surface area contributed by atoms with Gasteiger partial charge in [-0.15, -0.1) is 0 Å². The van der Waals surface area contributed by atoms with E-state index in [-0.39, 0.29) is 12.3 Å². The Morgan fingerprint density at radius 2 is 1.59 bits per heavy atom. The Morgan fingerprint density at radius 1 is 0.963 bits per heavy atom. The standard InChI is InChI=1S/C19H18N4O4/c1-11(24)20-12-6-8-13(9-7-12)21-17(25)10-16-19(27)22-15-5-3-2-4-14(15)18(26)23-16/h2-9,16H,10H2,1H3,(H,20,24)(H,21,25)(H,22,27)(H,23,26)/t16-/m0/s1. The number of fused-ring (bicyclic) bond motifs is 1. The molecule has 0 fully saturated rings. The van der Waals surface area contributed by atoms with E-state index in [0.717, 1.165) is 0 Å². The predicted octanol–water partition coefficient (Wildman–Crippen LogP) is 1.72. The van der Waals surface area contributed by atoms with Crippen molar-refractivity contribution in [2.24, 2.45) is 0 Å². The Hall–Kier alpha value is -3.68. The summed E-state index contributed by atoms with van der Waals surface area (Å²) in [5.41, 5.74) is 1.88. The summed E-state index contributed by atoms with van der Waals surface area (Å²) in [7, 11) is 0. The monoisotopic (exact) mass is 366 g/mol. The van der Waals surface area contributed by atoms with Gasteiger partial charge in [-0.3, -0.25) is 19.2 Å². The first-order valence-corrected chi connectivity index (χ1v) is 8.30. The van der Waals surface area contributed by atoms with Crippen LogP contribution in [0.2, 0.25) is 0 Å². The number of benzene rings is 2. The number of anilines is 3. The van der Waals surface area contributed by atoms with E-state index in [2.05, 4.69) is 21.3 Å². The molecule has 2 aromatic rings. The van der Waals surface area contributed by atoms with Crippen LogP contribution in [0.5, 0.6) is 0 Å². The van der Waals surface area contributed by atoms with Gasteiger partial charge < -0.3 is 21.3 Å². The molecule has 138 valence electrons. The smallest absolute Gasteiger partial charge is 0.254 e. The molecule has 4 amide bonds. The summed E-state index contributed by atoms with van der Waals surface area (Å²) in [6.07, 6.45) is -0.209. The van der Waals surface area contributed by atoms with Crippen molar-refractivity contribution in [1.29, 1.82) is 0 Å². The summed E-state index contributed by atoms with van der Waals surface area (Å²) in [6, 6.07) is 12.2. The van der Waals surface area contributed by atoms with E-state index in [1.807, 2.05) is 0 Å². The molecular formula is C19H18N4O4. The van der Waals surface area contributed by atoms with E-state index in [0.29, 0.717) is 22.6 Å². The fraction of sp³-hybridized carbons (Fsp3) is 0.158. The third-order valence-corrected chi connectivity index (χ3v) is 3.93. The van der Waals surface area contributed by atoms with Crippen LogP contribution in [0, 0.1) is 0 Å². The van der Waals surface area contributed by atoms with Crippen molar-refractivity contribution in [2.75, 3.05) is 16.0 Å². The summed E-state index contributed by atoms with van der Waals surface area (Å²) < 4.78 is 0. The summed E-state index contributed by atoms with van der Waals surface area (Å²) in [6.45, 7) is 1.40. The molecule has 8 heteroatoms. The van der Waals surface area contributed by atoms with Gasteiger partial charge in [0.25, 0.3) is 5.91 Å². The van der Waals surface area contributed by atoms with E-state index >= 15 is 0 Å². The fourth-order valence-electron chi connectivity index (χ4n) is 2.69. The topological polar surface area (TPSA) is 116 Å². The quantitative estimate of drug-likeness (QED) is 0.659. The van der Waals surface area contributed by atoms with Gasteiger partial charge in [-0.2, -0.15) is 0 Å². The molecule has 2 aromatic carbocycles. The normalized spacial score (nSPS) is 15.7. The zero-order chi connectivity index (χ0) is 19.4. The maximum atomic E-state index is 12.3. The summed E-state index contributed by atoms with van der Waals surface area (Å²) in [5.74, 6) is -1.48.